The van der Waals surface area contributed by atoms with E-state index in [-0.39, 0.29) is 11.5 Å². The van der Waals surface area contributed by atoms with Crippen LogP contribution in [0.15, 0.2) is 23.0 Å². The number of piperidine rings is 1. The monoisotopic (exact) mass is 263 g/mol. The van der Waals surface area contributed by atoms with Gasteiger partial charge in [0.05, 0.1) is 0 Å². The van der Waals surface area contributed by atoms with Crippen LogP contribution in [0.5, 0.6) is 0 Å². The van der Waals surface area contributed by atoms with Crippen molar-refractivity contribution in [3.8, 4) is 0 Å². The summed E-state index contributed by atoms with van der Waals surface area (Å²) in [6, 6.07) is 4.70. The number of nitrogens with one attached hydrogen (secondary N) is 1. The number of H-pyrrole nitrogens is 1. The van der Waals surface area contributed by atoms with Crippen LogP contribution < -0.4 is 5.56 Å². The quantitative estimate of drug-likeness (QED) is 0.877. The Hall–Kier alpha value is -1.62. The highest BCUT2D eigenvalue weighted by molar-refractivity contribution is 5.92. The smallest absolute Gasteiger partial charge is 0.270 e. The minimum absolute atomic E-state index is 0.0685. The molecule has 1 N–H and O–H groups in total. The Morgan fingerprint density at radius 2 is 2.05 bits per heavy atom. The predicted octanol–water partition coefficient (Wildman–Crippen LogP) is 0.789. The molecule has 1 saturated heterocycles. The highest BCUT2D eigenvalue weighted by Crippen LogP contribution is 2.18. The van der Waals surface area contributed by atoms with E-state index in [1.54, 1.807) is 12.1 Å². The van der Waals surface area contributed by atoms with Gasteiger partial charge in [-0.15, -0.1) is 0 Å². The van der Waals surface area contributed by atoms with Crippen LogP contribution in [0.3, 0.4) is 0 Å². The number of nitrogens with zero attached hydrogens (tertiary/aromatic N) is 2. The van der Waals surface area contributed by atoms with Gasteiger partial charge in [-0.2, -0.15) is 0 Å². The van der Waals surface area contributed by atoms with Crippen LogP contribution >= 0.6 is 0 Å². The van der Waals surface area contributed by atoms with Gasteiger partial charge in [-0.25, -0.2) is 0 Å². The van der Waals surface area contributed by atoms with Crippen molar-refractivity contribution >= 4 is 5.91 Å². The second-order valence-electron chi connectivity index (χ2n) is 5.43. The first-order chi connectivity index (χ1) is 9.06. The molecule has 0 unspecified atom stereocenters. The summed E-state index contributed by atoms with van der Waals surface area (Å²) in [5, 5.41) is 0. The van der Waals surface area contributed by atoms with Gasteiger partial charge in [0, 0.05) is 25.7 Å². The Balaban J connectivity index is 1.94. The van der Waals surface area contributed by atoms with Crippen LogP contribution in [0, 0.1) is 5.92 Å². The summed E-state index contributed by atoms with van der Waals surface area (Å²) in [5.74, 6) is 0.592. The minimum Gasteiger partial charge on any atom is -0.337 e. The van der Waals surface area contributed by atoms with Crippen molar-refractivity contribution < 1.29 is 4.79 Å². The molecule has 0 aliphatic carbocycles. The van der Waals surface area contributed by atoms with Gasteiger partial charge < -0.3 is 14.8 Å². The summed E-state index contributed by atoms with van der Waals surface area (Å²) < 4.78 is 0. The van der Waals surface area contributed by atoms with Gasteiger partial charge >= 0.3 is 0 Å². The largest absolute Gasteiger partial charge is 0.337 e. The molecular weight excluding hydrogens is 242 g/mol. The number of aromatic nitrogens is 1. The zero-order chi connectivity index (χ0) is 13.8. The van der Waals surface area contributed by atoms with Crippen LogP contribution in [-0.4, -0.2) is 54.4 Å². The van der Waals surface area contributed by atoms with Crippen LogP contribution in [0.25, 0.3) is 0 Å². The average molecular weight is 263 g/mol. The topological polar surface area (TPSA) is 56.4 Å². The molecule has 1 fully saturated rings. The molecule has 0 radical (unpaired) electrons. The number of likely N-dealkylation sites (tertiary alicyclic amines) is 1. The Morgan fingerprint density at radius 3 is 2.63 bits per heavy atom. The van der Waals surface area contributed by atoms with Gasteiger partial charge in [-0.05, 0) is 38.9 Å². The van der Waals surface area contributed by atoms with E-state index in [1.807, 2.05) is 4.90 Å². The molecule has 0 bridgehead atoms. The van der Waals surface area contributed by atoms with Crippen LogP contribution in [-0.2, 0) is 0 Å². The molecule has 1 aromatic rings. The van der Waals surface area contributed by atoms with Crippen LogP contribution in [0.2, 0.25) is 0 Å². The number of rotatable bonds is 3. The Bertz CT molecular complexity index is 487. The SMILES string of the molecule is CN(C)CC1CCN(C(=O)c2cccc(=O)[nH]2)CC1. The highest BCUT2D eigenvalue weighted by atomic mass is 16.2. The third kappa shape index (κ3) is 3.67. The van der Waals surface area contributed by atoms with E-state index in [9.17, 15) is 9.59 Å². The molecule has 1 aromatic heterocycles. The molecule has 19 heavy (non-hydrogen) atoms. The summed E-state index contributed by atoms with van der Waals surface area (Å²) in [6.45, 7) is 2.62. The average Bonchev–Trinajstić information content (AvgIpc) is 2.38. The number of hydrogen-bond donors (Lipinski definition) is 1. The van der Waals surface area contributed by atoms with Crippen molar-refractivity contribution in [3.05, 3.63) is 34.2 Å². The highest BCUT2D eigenvalue weighted by Gasteiger charge is 2.24. The van der Waals surface area contributed by atoms with Gasteiger partial charge in [-0.1, -0.05) is 6.07 Å². The Kier molecular flexibility index (Phi) is 4.37. The number of aromatic amines is 1. The molecule has 1 aliphatic rings. The van der Waals surface area contributed by atoms with Crippen LogP contribution in [0.4, 0.5) is 0 Å². The third-order valence-electron chi connectivity index (χ3n) is 3.52. The number of hydrogen-bond acceptors (Lipinski definition) is 3. The molecule has 0 saturated carbocycles. The number of carbonyl (C=O) groups is 1. The van der Waals surface area contributed by atoms with Gasteiger partial charge in [0.1, 0.15) is 5.69 Å². The summed E-state index contributed by atoms with van der Waals surface area (Å²) >= 11 is 0. The van der Waals surface area contributed by atoms with Gasteiger partial charge in [-0.3, -0.25) is 9.59 Å². The second-order valence-corrected chi connectivity index (χ2v) is 5.43. The first-order valence-corrected chi connectivity index (χ1v) is 6.69. The lowest BCUT2D eigenvalue weighted by Crippen LogP contribution is -2.41. The number of carbonyl (C=O) groups excluding carboxylic acids is 1. The molecule has 5 heteroatoms. The van der Waals surface area contributed by atoms with E-state index in [0.29, 0.717) is 11.6 Å². The summed E-state index contributed by atoms with van der Waals surface area (Å²) in [5.41, 5.74) is 0.159. The third-order valence-corrected chi connectivity index (χ3v) is 3.52. The minimum atomic E-state index is -0.228. The van der Waals surface area contributed by atoms with Crippen molar-refractivity contribution in [3.63, 3.8) is 0 Å². The van der Waals surface area contributed by atoms with Crippen molar-refractivity contribution in [2.45, 2.75) is 12.8 Å². The fourth-order valence-corrected chi connectivity index (χ4v) is 2.58. The Labute approximate surface area is 113 Å². The molecule has 2 heterocycles. The zero-order valence-electron chi connectivity index (χ0n) is 11.6. The van der Waals surface area contributed by atoms with Crippen molar-refractivity contribution in [1.82, 2.24) is 14.8 Å². The molecule has 1 aliphatic heterocycles. The molecule has 0 spiro atoms. The van der Waals surface area contributed by atoms with E-state index < -0.39 is 0 Å². The van der Waals surface area contributed by atoms with E-state index >= 15 is 0 Å². The standard InChI is InChI=1S/C14H21N3O2/c1-16(2)10-11-6-8-17(9-7-11)14(19)12-4-3-5-13(18)15-12/h3-5,11H,6-10H2,1-2H3,(H,15,18). The maximum absolute atomic E-state index is 12.2. The van der Waals surface area contributed by atoms with Crippen molar-refractivity contribution in [1.29, 1.82) is 0 Å². The zero-order valence-corrected chi connectivity index (χ0v) is 11.6. The van der Waals surface area contributed by atoms with Gasteiger partial charge in [0.15, 0.2) is 0 Å². The van der Waals surface area contributed by atoms with E-state index in [2.05, 4.69) is 24.0 Å². The van der Waals surface area contributed by atoms with E-state index in [0.717, 1.165) is 32.5 Å². The molecular formula is C14H21N3O2. The summed E-state index contributed by atoms with van der Waals surface area (Å²) in [7, 11) is 4.15. The molecule has 104 valence electrons. The summed E-state index contributed by atoms with van der Waals surface area (Å²) in [4.78, 5) is 30.1. The number of amides is 1. The van der Waals surface area contributed by atoms with E-state index in [1.165, 1.54) is 6.07 Å². The van der Waals surface area contributed by atoms with E-state index in [4.69, 9.17) is 0 Å². The summed E-state index contributed by atoms with van der Waals surface area (Å²) in [6.07, 6.45) is 2.06. The first-order valence-electron chi connectivity index (χ1n) is 6.69. The maximum atomic E-state index is 12.2. The fraction of sp³-hybridized carbons (Fsp3) is 0.571. The number of pyridine rings is 1. The second kappa shape index (κ2) is 6.02. The normalized spacial score (nSPS) is 16.9. The van der Waals surface area contributed by atoms with Crippen molar-refractivity contribution in [2.24, 2.45) is 5.92 Å². The lowest BCUT2D eigenvalue weighted by atomic mass is 9.96. The molecule has 5 nitrogen and oxygen atoms in total. The van der Waals surface area contributed by atoms with Gasteiger partial charge in [0.2, 0.25) is 5.56 Å². The lowest BCUT2D eigenvalue weighted by molar-refractivity contribution is 0.0672. The molecule has 0 atom stereocenters. The van der Waals surface area contributed by atoms with Crippen molar-refractivity contribution in [2.75, 3.05) is 33.7 Å². The molecule has 2 rings (SSSR count). The van der Waals surface area contributed by atoms with Crippen LogP contribution in [0.1, 0.15) is 23.3 Å². The fourth-order valence-electron chi connectivity index (χ4n) is 2.58. The Morgan fingerprint density at radius 1 is 1.37 bits per heavy atom. The molecule has 1 amide bonds. The molecule has 0 aromatic carbocycles. The maximum Gasteiger partial charge on any atom is 0.270 e. The van der Waals surface area contributed by atoms with Gasteiger partial charge in [0.25, 0.3) is 5.91 Å². The lowest BCUT2D eigenvalue weighted by Gasteiger charge is -2.33. The first kappa shape index (κ1) is 13.8. The predicted molar refractivity (Wildman–Crippen MR) is 74.2 cm³/mol.